The molecule has 128 valence electrons. The number of piperazine rings is 1. The minimum atomic E-state index is -0.259. The molecular formula is C17H29N5O. The van der Waals surface area contributed by atoms with Crippen LogP contribution in [0.15, 0.2) is 6.33 Å². The van der Waals surface area contributed by atoms with Gasteiger partial charge in [0.2, 0.25) is 0 Å². The molecule has 23 heavy (non-hydrogen) atoms. The lowest BCUT2D eigenvalue weighted by molar-refractivity contribution is 0.0513. The van der Waals surface area contributed by atoms with E-state index in [-0.39, 0.29) is 6.10 Å². The number of hydrogen-bond acceptors (Lipinski definition) is 5. The molecule has 0 radical (unpaired) electrons. The van der Waals surface area contributed by atoms with E-state index in [4.69, 9.17) is 0 Å². The molecule has 1 aromatic rings. The average molecular weight is 319 g/mol. The predicted molar refractivity (Wildman–Crippen MR) is 89.4 cm³/mol. The summed E-state index contributed by atoms with van der Waals surface area (Å²) in [6.45, 7) is 7.87. The van der Waals surface area contributed by atoms with Crippen LogP contribution in [0.5, 0.6) is 0 Å². The highest BCUT2D eigenvalue weighted by Crippen LogP contribution is 2.37. The largest absolute Gasteiger partial charge is 0.390 e. The molecule has 0 aromatic carbocycles. The van der Waals surface area contributed by atoms with Gasteiger partial charge in [0.15, 0.2) is 0 Å². The van der Waals surface area contributed by atoms with Crippen LogP contribution in [0, 0.1) is 0 Å². The molecule has 0 spiro atoms. The summed E-state index contributed by atoms with van der Waals surface area (Å²) in [6.07, 6.45) is 5.48. The maximum absolute atomic E-state index is 10.4. The first-order chi connectivity index (χ1) is 11.2. The second kappa shape index (κ2) is 6.51. The van der Waals surface area contributed by atoms with Gasteiger partial charge in [0.05, 0.1) is 18.1 Å². The van der Waals surface area contributed by atoms with E-state index in [2.05, 4.69) is 31.3 Å². The number of β-amino-alcohol motifs (C(OH)–C–C–N with tert-alkyl or cyclic N) is 1. The number of hydrogen-bond donors (Lipinski definition) is 1. The van der Waals surface area contributed by atoms with Gasteiger partial charge in [-0.3, -0.25) is 9.80 Å². The average Bonchev–Trinajstić information content (AvgIpc) is 3.29. The number of aliphatic hydroxyl groups excluding tert-OH is 1. The molecule has 2 aliphatic heterocycles. The molecule has 1 unspecified atom stereocenters. The van der Waals surface area contributed by atoms with Gasteiger partial charge < -0.3 is 14.6 Å². The van der Waals surface area contributed by atoms with Gasteiger partial charge in [-0.25, -0.2) is 4.98 Å². The third-order valence-corrected chi connectivity index (χ3v) is 5.50. The summed E-state index contributed by atoms with van der Waals surface area (Å²) >= 11 is 0. The number of imidazole rings is 1. The summed E-state index contributed by atoms with van der Waals surface area (Å²) < 4.78 is 2.40. The van der Waals surface area contributed by atoms with E-state index in [0.29, 0.717) is 0 Å². The number of fused-ring (bicyclic) bond motifs is 1. The Morgan fingerprint density at radius 3 is 2.61 bits per heavy atom. The second-order valence-corrected chi connectivity index (χ2v) is 7.52. The molecule has 2 fully saturated rings. The summed E-state index contributed by atoms with van der Waals surface area (Å²) in [7, 11) is 2.17. The Bertz CT molecular complexity index is 533. The van der Waals surface area contributed by atoms with Crippen molar-refractivity contribution in [2.45, 2.75) is 38.0 Å². The summed E-state index contributed by atoms with van der Waals surface area (Å²) in [5, 5.41) is 10.4. The topological polar surface area (TPSA) is 47.8 Å². The molecule has 1 saturated heterocycles. The molecule has 6 nitrogen and oxygen atoms in total. The first-order valence-corrected chi connectivity index (χ1v) is 9.05. The van der Waals surface area contributed by atoms with Crippen LogP contribution in [0.1, 0.15) is 30.3 Å². The highest BCUT2D eigenvalue weighted by molar-refractivity contribution is 5.18. The van der Waals surface area contributed by atoms with Crippen LogP contribution in [0.3, 0.4) is 0 Å². The van der Waals surface area contributed by atoms with Crippen molar-refractivity contribution in [3.05, 3.63) is 17.7 Å². The van der Waals surface area contributed by atoms with E-state index in [0.717, 1.165) is 64.8 Å². The third-order valence-electron chi connectivity index (χ3n) is 5.50. The van der Waals surface area contributed by atoms with Crippen molar-refractivity contribution in [1.29, 1.82) is 0 Å². The fraction of sp³-hybridized carbons (Fsp3) is 0.824. The van der Waals surface area contributed by atoms with Crippen LogP contribution < -0.4 is 0 Å². The smallest absolute Gasteiger partial charge is 0.0954 e. The number of rotatable bonds is 5. The molecule has 1 aromatic heterocycles. The Labute approximate surface area is 138 Å². The fourth-order valence-corrected chi connectivity index (χ4v) is 3.89. The Morgan fingerprint density at radius 1 is 1.13 bits per heavy atom. The van der Waals surface area contributed by atoms with E-state index in [1.165, 1.54) is 24.2 Å². The number of aliphatic hydroxyl groups is 1. The highest BCUT2D eigenvalue weighted by atomic mass is 16.3. The fourth-order valence-electron chi connectivity index (χ4n) is 3.89. The molecule has 1 saturated carbocycles. The van der Waals surface area contributed by atoms with Crippen molar-refractivity contribution in [3.63, 3.8) is 0 Å². The molecule has 3 aliphatic rings. The van der Waals surface area contributed by atoms with E-state index in [9.17, 15) is 5.11 Å². The molecule has 1 aliphatic carbocycles. The van der Waals surface area contributed by atoms with E-state index < -0.39 is 0 Å². The molecule has 0 amide bonds. The van der Waals surface area contributed by atoms with Crippen LogP contribution in [0.25, 0.3) is 0 Å². The van der Waals surface area contributed by atoms with E-state index in [1.807, 2.05) is 6.33 Å². The molecule has 3 heterocycles. The lowest BCUT2D eigenvalue weighted by Gasteiger charge is -2.35. The van der Waals surface area contributed by atoms with Crippen molar-refractivity contribution in [2.24, 2.45) is 0 Å². The van der Waals surface area contributed by atoms with Gasteiger partial charge in [-0.05, 0) is 19.9 Å². The zero-order valence-corrected chi connectivity index (χ0v) is 14.2. The van der Waals surface area contributed by atoms with Gasteiger partial charge in [-0.15, -0.1) is 0 Å². The molecule has 1 N–H and O–H groups in total. The van der Waals surface area contributed by atoms with Gasteiger partial charge in [-0.2, -0.15) is 0 Å². The van der Waals surface area contributed by atoms with Gasteiger partial charge in [0, 0.05) is 70.5 Å². The van der Waals surface area contributed by atoms with Crippen molar-refractivity contribution >= 4 is 0 Å². The molecule has 6 heteroatoms. The van der Waals surface area contributed by atoms with Crippen molar-refractivity contribution in [1.82, 2.24) is 24.3 Å². The third kappa shape index (κ3) is 3.60. The van der Waals surface area contributed by atoms with Crippen LogP contribution in [0.4, 0.5) is 0 Å². The van der Waals surface area contributed by atoms with Gasteiger partial charge >= 0.3 is 0 Å². The Kier molecular flexibility index (Phi) is 4.41. The first kappa shape index (κ1) is 15.6. The summed E-state index contributed by atoms with van der Waals surface area (Å²) in [6, 6.07) is 0.723. The summed E-state index contributed by atoms with van der Waals surface area (Å²) in [4.78, 5) is 11.7. The number of nitrogens with zero attached hydrogens (tertiary/aromatic N) is 5. The maximum atomic E-state index is 10.4. The molecule has 1 atom stereocenters. The summed E-state index contributed by atoms with van der Waals surface area (Å²) in [5.74, 6) is 0. The standard InChI is InChI=1S/C17H29N5O/c1-19-6-8-20(9-7-19)10-15(23)11-21-5-4-17-16(12-21)18-13-22(17)14-2-3-14/h13-15,23H,2-12H2,1H3. The van der Waals surface area contributed by atoms with Gasteiger partial charge in [-0.1, -0.05) is 0 Å². The molecule has 4 rings (SSSR count). The van der Waals surface area contributed by atoms with E-state index >= 15 is 0 Å². The van der Waals surface area contributed by atoms with Crippen molar-refractivity contribution in [2.75, 3.05) is 52.9 Å². The van der Waals surface area contributed by atoms with Crippen molar-refractivity contribution in [3.8, 4) is 0 Å². The monoisotopic (exact) mass is 319 g/mol. The lowest BCUT2D eigenvalue weighted by atomic mass is 10.1. The second-order valence-electron chi connectivity index (χ2n) is 7.52. The van der Waals surface area contributed by atoms with Crippen LogP contribution >= 0.6 is 0 Å². The van der Waals surface area contributed by atoms with Gasteiger partial charge in [0.25, 0.3) is 0 Å². The predicted octanol–water partition coefficient (Wildman–Crippen LogP) is 0.184. The molecular weight excluding hydrogens is 290 g/mol. The van der Waals surface area contributed by atoms with Crippen LogP contribution in [0.2, 0.25) is 0 Å². The normalized spacial score (nSPS) is 25.5. The zero-order valence-electron chi connectivity index (χ0n) is 14.2. The SMILES string of the molecule is CN1CCN(CC(O)CN2CCc3c(ncn3C3CC3)C2)CC1. The minimum Gasteiger partial charge on any atom is -0.390 e. The molecule has 0 bridgehead atoms. The Balaban J connectivity index is 1.28. The highest BCUT2D eigenvalue weighted by Gasteiger charge is 2.30. The first-order valence-electron chi connectivity index (χ1n) is 9.05. The minimum absolute atomic E-state index is 0.259. The number of likely N-dealkylation sites (N-methyl/N-ethyl adjacent to an activating group) is 1. The number of aromatic nitrogens is 2. The zero-order chi connectivity index (χ0) is 15.8. The van der Waals surface area contributed by atoms with Crippen molar-refractivity contribution < 1.29 is 5.11 Å². The van der Waals surface area contributed by atoms with Crippen LogP contribution in [-0.4, -0.2) is 88.3 Å². The maximum Gasteiger partial charge on any atom is 0.0954 e. The van der Waals surface area contributed by atoms with Crippen LogP contribution in [-0.2, 0) is 13.0 Å². The summed E-state index contributed by atoms with van der Waals surface area (Å²) in [5.41, 5.74) is 2.67. The van der Waals surface area contributed by atoms with Gasteiger partial charge in [0.1, 0.15) is 0 Å². The Hall–Kier alpha value is -0.950. The lowest BCUT2D eigenvalue weighted by Crippen LogP contribution is -2.49. The van der Waals surface area contributed by atoms with E-state index in [1.54, 1.807) is 0 Å². The Morgan fingerprint density at radius 2 is 1.87 bits per heavy atom. The quantitative estimate of drug-likeness (QED) is 0.839.